The summed E-state index contributed by atoms with van der Waals surface area (Å²) in [6, 6.07) is 3.95. The van der Waals surface area contributed by atoms with Crippen molar-refractivity contribution >= 4 is 5.97 Å². The van der Waals surface area contributed by atoms with E-state index in [4.69, 9.17) is 4.74 Å². The zero-order valence-electron chi connectivity index (χ0n) is 9.62. The second kappa shape index (κ2) is 4.16. The lowest BCUT2D eigenvalue weighted by atomic mass is 9.90. The van der Waals surface area contributed by atoms with Crippen LogP contribution in [-0.4, -0.2) is 17.7 Å². The summed E-state index contributed by atoms with van der Waals surface area (Å²) in [6.45, 7) is 4.56. The van der Waals surface area contributed by atoms with E-state index < -0.39 is 11.9 Å². The Hall–Kier alpha value is -1.51. The third-order valence-corrected chi connectivity index (χ3v) is 3.03. The highest BCUT2D eigenvalue weighted by Crippen LogP contribution is 2.36. The van der Waals surface area contributed by atoms with Crippen molar-refractivity contribution in [2.75, 3.05) is 6.61 Å². The minimum atomic E-state index is -0.751. The quantitative estimate of drug-likeness (QED) is 0.791. The van der Waals surface area contributed by atoms with E-state index in [2.05, 4.69) is 0 Å². The van der Waals surface area contributed by atoms with Crippen molar-refractivity contribution in [3.05, 3.63) is 28.8 Å². The van der Waals surface area contributed by atoms with E-state index in [1.807, 2.05) is 26.0 Å². The SMILES string of the molecule is Cc1cc(C)c2c(c1)OCCCC2C(=O)O. The van der Waals surface area contributed by atoms with Gasteiger partial charge in [0.2, 0.25) is 0 Å². The predicted octanol–water partition coefficient (Wildman–Crippen LogP) is 2.64. The second-order valence-corrected chi connectivity index (χ2v) is 4.38. The molecule has 0 saturated carbocycles. The first kappa shape index (κ1) is 11.0. The van der Waals surface area contributed by atoms with Crippen LogP contribution in [0.1, 0.15) is 35.4 Å². The molecule has 1 aliphatic heterocycles. The zero-order chi connectivity index (χ0) is 11.7. The van der Waals surface area contributed by atoms with E-state index >= 15 is 0 Å². The van der Waals surface area contributed by atoms with Gasteiger partial charge in [-0.2, -0.15) is 0 Å². The fourth-order valence-electron chi connectivity index (χ4n) is 2.37. The number of hydrogen-bond acceptors (Lipinski definition) is 2. The van der Waals surface area contributed by atoms with Crippen LogP contribution in [0.25, 0.3) is 0 Å². The molecule has 1 aliphatic rings. The molecule has 2 rings (SSSR count). The van der Waals surface area contributed by atoms with Crippen LogP contribution in [0.5, 0.6) is 5.75 Å². The van der Waals surface area contributed by atoms with Crippen molar-refractivity contribution in [3.63, 3.8) is 0 Å². The Bertz CT molecular complexity index is 423. The molecule has 0 aromatic heterocycles. The van der Waals surface area contributed by atoms with Gasteiger partial charge in [-0.05, 0) is 43.9 Å². The number of rotatable bonds is 1. The fourth-order valence-corrected chi connectivity index (χ4v) is 2.37. The maximum atomic E-state index is 11.3. The van der Waals surface area contributed by atoms with E-state index in [-0.39, 0.29) is 0 Å². The standard InChI is InChI=1S/C13H16O3/c1-8-6-9(2)12-10(13(14)15)4-3-5-16-11(12)7-8/h6-7,10H,3-5H2,1-2H3,(H,14,15). The lowest BCUT2D eigenvalue weighted by Gasteiger charge is -2.16. The molecule has 1 atom stereocenters. The summed E-state index contributed by atoms with van der Waals surface area (Å²) in [5.74, 6) is -0.417. The molecule has 0 saturated heterocycles. The van der Waals surface area contributed by atoms with Crippen molar-refractivity contribution in [1.29, 1.82) is 0 Å². The predicted molar refractivity (Wildman–Crippen MR) is 61.0 cm³/mol. The van der Waals surface area contributed by atoms with Crippen molar-refractivity contribution in [2.24, 2.45) is 0 Å². The van der Waals surface area contributed by atoms with Crippen LogP contribution in [0.15, 0.2) is 12.1 Å². The van der Waals surface area contributed by atoms with Gasteiger partial charge in [0.05, 0.1) is 12.5 Å². The Labute approximate surface area is 95.0 Å². The van der Waals surface area contributed by atoms with Gasteiger partial charge >= 0.3 is 5.97 Å². The topological polar surface area (TPSA) is 46.5 Å². The third kappa shape index (κ3) is 1.90. The van der Waals surface area contributed by atoms with Gasteiger partial charge in [-0.3, -0.25) is 4.79 Å². The molecule has 3 heteroatoms. The number of aryl methyl sites for hydroxylation is 2. The lowest BCUT2D eigenvalue weighted by Crippen LogP contribution is -2.12. The van der Waals surface area contributed by atoms with Crippen LogP contribution < -0.4 is 4.74 Å². The van der Waals surface area contributed by atoms with Crippen LogP contribution in [-0.2, 0) is 4.79 Å². The van der Waals surface area contributed by atoms with Crippen molar-refractivity contribution < 1.29 is 14.6 Å². The average molecular weight is 220 g/mol. The number of hydrogen-bond donors (Lipinski definition) is 1. The molecular weight excluding hydrogens is 204 g/mol. The Morgan fingerprint density at radius 3 is 2.88 bits per heavy atom. The summed E-state index contributed by atoms with van der Waals surface area (Å²) < 4.78 is 5.63. The van der Waals surface area contributed by atoms with Gasteiger partial charge in [-0.15, -0.1) is 0 Å². The van der Waals surface area contributed by atoms with E-state index in [1.165, 1.54) is 0 Å². The molecule has 0 aliphatic carbocycles. The molecule has 1 N–H and O–H groups in total. The molecule has 1 unspecified atom stereocenters. The van der Waals surface area contributed by atoms with Gasteiger partial charge < -0.3 is 9.84 Å². The third-order valence-electron chi connectivity index (χ3n) is 3.03. The molecule has 16 heavy (non-hydrogen) atoms. The Balaban J connectivity index is 2.56. The Kier molecular flexibility index (Phi) is 2.86. The number of carboxylic acid groups (broad SMARTS) is 1. The zero-order valence-corrected chi connectivity index (χ0v) is 9.62. The lowest BCUT2D eigenvalue weighted by molar-refractivity contribution is -0.139. The molecule has 0 spiro atoms. The average Bonchev–Trinajstić information content (AvgIpc) is 2.39. The van der Waals surface area contributed by atoms with Crippen molar-refractivity contribution in [2.45, 2.75) is 32.6 Å². The Morgan fingerprint density at radius 2 is 2.19 bits per heavy atom. The number of aliphatic carboxylic acids is 1. The summed E-state index contributed by atoms with van der Waals surface area (Å²) in [4.78, 5) is 11.3. The first-order valence-corrected chi connectivity index (χ1v) is 5.56. The number of fused-ring (bicyclic) bond motifs is 1. The summed E-state index contributed by atoms with van der Waals surface area (Å²) >= 11 is 0. The van der Waals surface area contributed by atoms with Gasteiger partial charge in [0.15, 0.2) is 0 Å². The number of carbonyl (C=O) groups is 1. The van der Waals surface area contributed by atoms with Gasteiger partial charge in [-0.25, -0.2) is 0 Å². The second-order valence-electron chi connectivity index (χ2n) is 4.38. The summed E-state index contributed by atoms with van der Waals surface area (Å²) in [6.07, 6.45) is 1.45. The minimum absolute atomic E-state index is 0.418. The van der Waals surface area contributed by atoms with Crippen LogP contribution in [0.2, 0.25) is 0 Å². The monoisotopic (exact) mass is 220 g/mol. The molecule has 0 bridgehead atoms. The maximum Gasteiger partial charge on any atom is 0.311 e. The molecule has 1 aromatic carbocycles. The molecular formula is C13H16O3. The van der Waals surface area contributed by atoms with E-state index in [1.54, 1.807) is 0 Å². The Morgan fingerprint density at radius 1 is 1.44 bits per heavy atom. The highest BCUT2D eigenvalue weighted by Gasteiger charge is 2.27. The molecule has 3 nitrogen and oxygen atoms in total. The summed E-state index contributed by atoms with van der Waals surface area (Å²) in [5.41, 5.74) is 2.99. The summed E-state index contributed by atoms with van der Waals surface area (Å²) in [5, 5.41) is 9.25. The minimum Gasteiger partial charge on any atom is -0.493 e. The van der Waals surface area contributed by atoms with Gasteiger partial charge in [0.25, 0.3) is 0 Å². The fraction of sp³-hybridized carbons (Fsp3) is 0.462. The van der Waals surface area contributed by atoms with Gasteiger partial charge in [0.1, 0.15) is 5.75 Å². The number of carboxylic acids is 1. The van der Waals surface area contributed by atoms with Gasteiger partial charge in [-0.1, -0.05) is 6.07 Å². The normalized spacial score (nSPS) is 19.5. The smallest absolute Gasteiger partial charge is 0.311 e. The molecule has 1 aromatic rings. The first-order chi connectivity index (χ1) is 7.59. The van der Waals surface area contributed by atoms with Crippen molar-refractivity contribution in [3.8, 4) is 5.75 Å². The van der Waals surface area contributed by atoms with Crippen LogP contribution in [0, 0.1) is 13.8 Å². The van der Waals surface area contributed by atoms with Crippen LogP contribution in [0.3, 0.4) is 0 Å². The highest BCUT2D eigenvalue weighted by molar-refractivity contribution is 5.78. The van der Waals surface area contributed by atoms with Gasteiger partial charge in [0, 0.05) is 5.56 Å². The van der Waals surface area contributed by atoms with Crippen molar-refractivity contribution in [1.82, 2.24) is 0 Å². The maximum absolute atomic E-state index is 11.3. The molecule has 0 amide bonds. The number of ether oxygens (including phenoxy) is 1. The largest absolute Gasteiger partial charge is 0.493 e. The summed E-state index contributed by atoms with van der Waals surface area (Å²) in [7, 11) is 0. The first-order valence-electron chi connectivity index (χ1n) is 5.56. The van der Waals surface area contributed by atoms with E-state index in [0.29, 0.717) is 13.0 Å². The van der Waals surface area contributed by atoms with E-state index in [9.17, 15) is 9.90 Å². The molecule has 1 heterocycles. The number of benzene rings is 1. The highest BCUT2D eigenvalue weighted by atomic mass is 16.5. The molecule has 0 fully saturated rings. The molecule has 86 valence electrons. The van der Waals surface area contributed by atoms with Crippen LogP contribution >= 0.6 is 0 Å². The molecule has 0 radical (unpaired) electrons. The van der Waals surface area contributed by atoms with Crippen LogP contribution in [0.4, 0.5) is 0 Å². The van der Waals surface area contributed by atoms with E-state index in [0.717, 1.165) is 28.9 Å².